The fourth-order valence-corrected chi connectivity index (χ4v) is 2.51. The Kier molecular flexibility index (Phi) is 4.22. The van der Waals surface area contributed by atoms with Gasteiger partial charge in [0, 0.05) is 16.3 Å². The Balaban J connectivity index is 1.85. The summed E-state index contributed by atoms with van der Waals surface area (Å²) in [6.45, 7) is 3.77. The number of aryl methyl sites for hydroxylation is 2. The Labute approximate surface area is 139 Å². The lowest BCUT2D eigenvalue weighted by atomic mass is 10.1. The summed E-state index contributed by atoms with van der Waals surface area (Å²) in [5.74, 6) is 1.05. The van der Waals surface area contributed by atoms with Crippen molar-refractivity contribution < 1.29 is 9.21 Å². The number of anilines is 1. The first-order valence-corrected chi connectivity index (χ1v) is 7.65. The summed E-state index contributed by atoms with van der Waals surface area (Å²) < 4.78 is 5.72. The van der Waals surface area contributed by atoms with Gasteiger partial charge in [0.25, 0.3) is 5.91 Å². The number of hydrogen-bond donors (Lipinski definition) is 1. The molecule has 23 heavy (non-hydrogen) atoms. The second-order valence-corrected chi connectivity index (χ2v) is 5.85. The van der Waals surface area contributed by atoms with Gasteiger partial charge in [0.1, 0.15) is 11.5 Å². The first-order valence-electron chi connectivity index (χ1n) is 7.27. The molecule has 3 aromatic rings. The van der Waals surface area contributed by atoms with E-state index in [0.717, 1.165) is 16.8 Å². The number of carbonyl (C=O) groups is 1. The zero-order valence-corrected chi connectivity index (χ0v) is 13.6. The highest BCUT2D eigenvalue weighted by molar-refractivity contribution is 6.30. The molecule has 1 aromatic heterocycles. The van der Waals surface area contributed by atoms with Crippen molar-refractivity contribution in [3.63, 3.8) is 0 Å². The number of nitrogens with one attached hydrogen (secondary N) is 1. The van der Waals surface area contributed by atoms with Gasteiger partial charge < -0.3 is 9.73 Å². The van der Waals surface area contributed by atoms with E-state index < -0.39 is 0 Å². The van der Waals surface area contributed by atoms with Gasteiger partial charge in [-0.15, -0.1) is 0 Å². The van der Waals surface area contributed by atoms with Gasteiger partial charge in [-0.05, 0) is 61.9 Å². The van der Waals surface area contributed by atoms with Crippen molar-refractivity contribution >= 4 is 23.2 Å². The number of carbonyl (C=O) groups excluding carboxylic acids is 1. The SMILES string of the molecule is Cc1cccc(NC(=O)c2cc(-c3ccc(Cl)cc3)oc2C)c1. The molecule has 0 aliphatic rings. The number of benzene rings is 2. The molecule has 2 aromatic carbocycles. The minimum Gasteiger partial charge on any atom is -0.461 e. The second kappa shape index (κ2) is 6.31. The zero-order chi connectivity index (χ0) is 16.4. The van der Waals surface area contributed by atoms with E-state index in [9.17, 15) is 4.79 Å². The summed E-state index contributed by atoms with van der Waals surface area (Å²) in [6, 6.07) is 16.7. The van der Waals surface area contributed by atoms with Gasteiger partial charge in [0.05, 0.1) is 5.56 Å². The van der Waals surface area contributed by atoms with Crippen LogP contribution >= 0.6 is 11.6 Å². The van der Waals surface area contributed by atoms with Gasteiger partial charge in [-0.1, -0.05) is 23.7 Å². The molecule has 116 valence electrons. The van der Waals surface area contributed by atoms with E-state index in [4.69, 9.17) is 16.0 Å². The fourth-order valence-electron chi connectivity index (χ4n) is 2.39. The van der Waals surface area contributed by atoms with Crippen LogP contribution in [-0.4, -0.2) is 5.91 Å². The van der Waals surface area contributed by atoms with Crippen molar-refractivity contribution in [1.82, 2.24) is 0 Å². The summed E-state index contributed by atoms with van der Waals surface area (Å²) in [6.07, 6.45) is 0. The van der Waals surface area contributed by atoms with Crippen LogP contribution in [0, 0.1) is 13.8 Å². The van der Waals surface area contributed by atoms with E-state index in [2.05, 4.69) is 5.32 Å². The van der Waals surface area contributed by atoms with Gasteiger partial charge in [0.2, 0.25) is 0 Å². The Hall–Kier alpha value is -2.52. The molecule has 1 N–H and O–H groups in total. The molecule has 0 aliphatic carbocycles. The van der Waals surface area contributed by atoms with Gasteiger partial charge in [-0.2, -0.15) is 0 Å². The molecule has 0 atom stereocenters. The van der Waals surface area contributed by atoms with E-state index in [1.54, 1.807) is 25.1 Å². The molecule has 0 fully saturated rings. The molecule has 0 saturated heterocycles. The van der Waals surface area contributed by atoms with Crippen LogP contribution in [-0.2, 0) is 0 Å². The molecule has 1 amide bonds. The summed E-state index contributed by atoms with van der Waals surface area (Å²) in [7, 11) is 0. The van der Waals surface area contributed by atoms with Crippen LogP contribution in [0.15, 0.2) is 59.0 Å². The highest BCUT2D eigenvalue weighted by Gasteiger charge is 2.16. The highest BCUT2D eigenvalue weighted by atomic mass is 35.5. The van der Waals surface area contributed by atoms with Crippen LogP contribution in [0.2, 0.25) is 5.02 Å². The van der Waals surface area contributed by atoms with Gasteiger partial charge in [-0.25, -0.2) is 0 Å². The lowest BCUT2D eigenvalue weighted by Crippen LogP contribution is -2.12. The van der Waals surface area contributed by atoms with Gasteiger partial charge in [0.15, 0.2) is 0 Å². The molecule has 0 aliphatic heterocycles. The van der Waals surface area contributed by atoms with Crippen LogP contribution < -0.4 is 5.32 Å². The molecule has 1 heterocycles. The third kappa shape index (κ3) is 3.46. The molecular weight excluding hydrogens is 310 g/mol. The van der Waals surface area contributed by atoms with E-state index in [1.165, 1.54) is 0 Å². The Morgan fingerprint density at radius 2 is 1.78 bits per heavy atom. The van der Waals surface area contributed by atoms with Crippen molar-refractivity contribution in [1.29, 1.82) is 0 Å². The molecule has 4 heteroatoms. The first-order chi connectivity index (χ1) is 11.0. The van der Waals surface area contributed by atoms with Gasteiger partial charge >= 0.3 is 0 Å². The van der Waals surface area contributed by atoms with Crippen molar-refractivity contribution in [2.24, 2.45) is 0 Å². The van der Waals surface area contributed by atoms with Crippen LogP contribution in [0.5, 0.6) is 0 Å². The molecule has 0 spiro atoms. The van der Waals surface area contributed by atoms with Crippen molar-refractivity contribution in [3.8, 4) is 11.3 Å². The minimum atomic E-state index is -0.183. The molecule has 3 rings (SSSR count). The number of amides is 1. The van der Waals surface area contributed by atoms with Crippen LogP contribution in [0.25, 0.3) is 11.3 Å². The average molecular weight is 326 g/mol. The average Bonchev–Trinajstić information content (AvgIpc) is 2.90. The third-order valence-corrected chi connectivity index (χ3v) is 3.82. The third-order valence-electron chi connectivity index (χ3n) is 3.57. The maximum Gasteiger partial charge on any atom is 0.259 e. The standard InChI is InChI=1S/C19H16ClNO2/c1-12-4-3-5-16(10-12)21-19(22)17-11-18(23-13(17)2)14-6-8-15(20)9-7-14/h3-11H,1-2H3,(H,21,22). The predicted molar refractivity (Wildman–Crippen MR) is 93.0 cm³/mol. The first kappa shape index (κ1) is 15.4. The smallest absolute Gasteiger partial charge is 0.259 e. The largest absolute Gasteiger partial charge is 0.461 e. The summed E-state index contributed by atoms with van der Waals surface area (Å²) in [5.41, 5.74) is 3.26. The summed E-state index contributed by atoms with van der Waals surface area (Å²) in [5, 5.41) is 3.56. The summed E-state index contributed by atoms with van der Waals surface area (Å²) >= 11 is 5.89. The van der Waals surface area contributed by atoms with Gasteiger partial charge in [-0.3, -0.25) is 4.79 Å². The van der Waals surface area contributed by atoms with Crippen LogP contribution in [0.1, 0.15) is 21.7 Å². The quantitative estimate of drug-likeness (QED) is 0.693. The number of hydrogen-bond acceptors (Lipinski definition) is 2. The van der Waals surface area contributed by atoms with Crippen molar-refractivity contribution in [3.05, 3.63) is 76.5 Å². The normalized spacial score (nSPS) is 10.6. The monoisotopic (exact) mass is 325 g/mol. The van der Waals surface area contributed by atoms with Crippen LogP contribution in [0.4, 0.5) is 5.69 Å². The molecule has 0 unspecified atom stereocenters. The zero-order valence-electron chi connectivity index (χ0n) is 12.9. The molecular formula is C19H16ClNO2. The fraction of sp³-hybridized carbons (Fsp3) is 0.105. The maximum atomic E-state index is 12.5. The van der Waals surface area contributed by atoms with E-state index in [-0.39, 0.29) is 5.91 Å². The molecule has 0 bridgehead atoms. The van der Waals surface area contributed by atoms with Crippen molar-refractivity contribution in [2.75, 3.05) is 5.32 Å². The lowest BCUT2D eigenvalue weighted by molar-refractivity contribution is 0.102. The number of halogens is 1. The highest BCUT2D eigenvalue weighted by Crippen LogP contribution is 2.27. The minimum absolute atomic E-state index is 0.183. The Bertz CT molecular complexity index is 850. The van der Waals surface area contributed by atoms with E-state index >= 15 is 0 Å². The number of rotatable bonds is 3. The van der Waals surface area contributed by atoms with E-state index in [1.807, 2.05) is 43.3 Å². The molecule has 0 saturated carbocycles. The van der Waals surface area contributed by atoms with Crippen LogP contribution in [0.3, 0.4) is 0 Å². The topological polar surface area (TPSA) is 42.2 Å². The van der Waals surface area contributed by atoms with E-state index in [0.29, 0.717) is 22.1 Å². The summed E-state index contributed by atoms with van der Waals surface area (Å²) in [4.78, 5) is 12.5. The lowest BCUT2D eigenvalue weighted by Gasteiger charge is -2.04. The number of furan rings is 1. The molecule has 3 nitrogen and oxygen atoms in total. The Morgan fingerprint density at radius 3 is 2.48 bits per heavy atom. The predicted octanol–water partition coefficient (Wildman–Crippen LogP) is 5.47. The second-order valence-electron chi connectivity index (χ2n) is 5.41. The molecule has 0 radical (unpaired) electrons. The van der Waals surface area contributed by atoms with Crippen molar-refractivity contribution in [2.45, 2.75) is 13.8 Å². The Morgan fingerprint density at radius 1 is 1.04 bits per heavy atom. The maximum absolute atomic E-state index is 12.5.